The van der Waals surface area contributed by atoms with E-state index in [9.17, 15) is 9.90 Å². The Morgan fingerprint density at radius 3 is 2.61 bits per heavy atom. The maximum atomic E-state index is 11.3. The van der Waals surface area contributed by atoms with E-state index < -0.39 is 11.5 Å². The molecule has 2 aromatic heterocycles. The SMILES string of the molecule is Cc1ccc(C2(O)CCN(c3cc(C(N)=O)ccn3)CC2)nc1. The molecule has 0 saturated carbocycles. The van der Waals surface area contributed by atoms with Gasteiger partial charge in [-0.25, -0.2) is 4.98 Å². The number of amides is 1. The Bertz CT molecular complexity index is 707. The summed E-state index contributed by atoms with van der Waals surface area (Å²) in [5.74, 6) is 0.242. The Balaban J connectivity index is 1.74. The van der Waals surface area contributed by atoms with Crippen molar-refractivity contribution in [2.24, 2.45) is 5.73 Å². The molecule has 6 nitrogen and oxygen atoms in total. The summed E-state index contributed by atoms with van der Waals surface area (Å²) in [6.45, 7) is 3.25. The van der Waals surface area contributed by atoms with Crippen LogP contribution in [0.4, 0.5) is 5.82 Å². The average molecular weight is 312 g/mol. The molecule has 0 aliphatic carbocycles. The molecule has 1 fully saturated rings. The zero-order chi connectivity index (χ0) is 16.4. The van der Waals surface area contributed by atoms with E-state index in [2.05, 4.69) is 14.9 Å². The average Bonchev–Trinajstić information content (AvgIpc) is 2.56. The number of anilines is 1. The molecule has 1 saturated heterocycles. The highest BCUT2D eigenvalue weighted by atomic mass is 16.3. The number of carbonyl (C=O) groups is 1. The van der Waals surface area contributed by atoms with E-state index in [1.807, 2.05) is 19.1 Å². The molecule has 120 valence electrons. The van der Waals surface area contributed by atoms with Crippen LogP contribution in [0.2, 0.25) is 0 Å². The Morgan fingerprint density at radius 2 is 2.00 bits per heavy atom. The van der Waals surface area contributed by atoms with Crippen LogP contribution in [-0.2, 0) is 5.60 Å². The summed E-state index contributed by atoms with van der Waals surface area (Å²) in [6, 6.07) is 7.14. The van der Waals surface area contributed by atoms with Gasteiger partial charge in [-0.1, -0.05) is 6.07 Å². The van der Waals surface area contributed by atoms with Crippen LogP contribution in [0.25, 0.3) is 0 Å². The van der Waals surface area contributed by atoms with Gasteiger partial charge in [-0.05, 0) is 43.5 Å². The van der Waals surface area contributed by atoms with E-state index in [4.69, 9.17) is 5.73 Å². The minimum Gasteiger partial charge on any atom is -0.383 e. The zero-order valence-corrected chi connectivity index (χ0v) is 13.1. The van der Waals surface area contributed by atoms with Gasteiger partial charge in [-0.2, -0.15) is 0 Å². The summed E-state index contributed by atoms with van der Waals surface area (Å²) in [7, 11) is 0. The van der Waals surface area contributed by atoms with Crippen LogP contribution in [0.3, 0.4) is 0 Å². The number of aryl methyl sites for hydroxylation is 1. The molecular formula is C17H20N4O2. The van der Waals surface area contributed by atoms with Gasteiger partial charge in [0.1, 0.15) is 11.4 Å². The van der Waals surface area contributed by atoms with Crippen molar-refractivity contribution in [3.8, 4) is 0 Å². The molecule has 0 bridgehead atoms. The molecule has 23 heavy (non-hydrogen) atoms. The van der Waals surface area contributed by atoms with Crippen LogP contribution in [-0.4, -0.2) is 34.1 Å². The normalized spacial score (nSPS) is 17.0. The number of aromatic nitrogens is 2. The first kappa shape index (κ1) is 15.4. The first-order valence-electron chi connectivity index (χ1n) is 7.64. The van der Waals surface area contributed by atoms with Crippen LogP contribution in [0.5, 0.6) is 0 Å². The molecule has 0 unspecified atom stereocenters. The molecule has 3 N–H and O–H groups in total. The van der Waals surface area contributed by atoms with Crippen molar-refractivity contribution in [3.05, 3.63) is 53.5 Å². The van der Waals surface area contributed by atoms with Gasteiger partial charge in [0.2, 0.25) is 5.91 Å². The maximum absolute atomic E-state index is 11.3. The molecule has 2 aromatic rings. The van der Waals surface area contributed by atoms with Crippen molar-refractivity contribution < 1.29 is 9.90 Å². The Kier molecular flexibility index (Phi) is 4.00. The summed E-state index contributed by atoms with van der Waals surface area (Å²) in [6.07, 6.45) is 4.48. The largest absolute Gasteiger partial charge is 0.383 e. The van der Waals surface area contributed by atoms with Crippen molar-refractivity contribution in [1.29, 1.82) is 0 Å². The van der Waals surface area contributed by atoms with Gasteiger partial charge in [-0.15, -0.1) is 0 Å². The number of hydrogen-bond acceptors (Lipinski definition) is 5. The molecule has 3 rings (SSSR count). The second-order valence-electron chi connectivity index (χ2n) is 6.01. The number of hydrogen-bond donors (Lipinski definition) is 2. The summed E-state index contributed by atoms with van der Waals surface area (Å²) in [5, 5.41) is 10.9. The molecule has 3 heterocycles. The summed E-state index contributed by atoms with van der Waals surface area (Å²) >= 11 is 0. The third kappa shape index (κ3) is 3.17. The van der Waals surface area contributed by atoms with Crippen molar-refractivity contribution in [2.75, 3.05) is 18.0 Å². The Morgan fingerprint density at radius 1 is 1.26 bits per heavy atom. The zero-order valence-electron chi connectivity index (χ0n) is 13.1. The maximum Gasteiger partial charge on any atom is 0.248 e. The lowest BCUT2D eigenvalue weighted by molar-refractivity contribution is 0.00747. The monoisotopic (exact) mass is 312 g/mol. The fraction of sp³-hybridized carbons (Fsp3) is 0.353. The van der Waals surface area contributed by atoms with E-state index in [0.717, 1.165) is 5.56 Å². The molecular weight excluding hydrogens is 292 g/mol. The van der Waals surface area contributed by atoms with Crippen molar-refractivity contribution in [2.45, 2.75) is 25.4 Å². The quantitative estimate of drug-likeness (QED) is 0.893. The van der Waals surface area contributed by atoms with Gasteiger partial charge in [0.25, 0.3) is 0 Å². The minimum atomic E-state index is -0.911. The molecule has 1 aliphatic heterocycles. The fourth-order valence-electron chi connectivity index (χ4n) is 2.85. The van der Waals surface area contributed by atoms with Gasteiger partial charge in [0, 0.05) is 31.0 Å². The molecule has 0 aromatic carbocycles. The lowest BCUT2D eigenvalue weighted by Crippen LogP contribution is -2.43. The van der Waals surface area contributed by atoms with Crippen LogP contribution in [0.15, 0.2) is 36.7 Å². The van der Waals surface area contributed by atoms with Crippen molar-refractivity contribution >= 4 is 11.7 Å². The first-order chi connectivity index (χ1) is 11.0. The third-order valence-corrected chi connectivity index (χ3v) is 4.33. The standard InChI is InChI=1S/C17H20N4O2/c1-12-2-3-14(20-11-12)17(23)5-8-21(9-6-17)15-10-13(16(18)22)4-7-19-15/h2-4,7,10-11,23H,5-6,8-9H2,1H3,(H2,18,22). The van der Waals surface area contributed by atoms with E-state index in [-0.39, 0.29) is 0 Å². The van der Waals surface area contributed by atoms with Crippen molar-refractivity contribution in [1.82, 2.24) is 9.97 Å². The molecule has 0 radical (unpaired) electrons. The van der Waals surface area contributed by atoms with Gasteiger partial charge in [-0.3, -0.25) is 9.78 Å². The lowest BCUT2D eigenvalue weighted by Gasteiger charge is -2.38. The van der Waals surface area contributed by atoms with E-state index >= 15 is 0 Å². The number of primary amides is 1. The van der Waals surface area contributed by atoms with Crippen LogP contribution >= 0.6 is 0 Å². The number of nitrogens with zero attached hydrogens (tertiary/aromatic N) is 3. The molecule has 1 aliphatic rings. The molecule has 6 heteroatoms. The summed E-state index contributed by atoms with van der Waals surface area (Å²) < 4.78 is 0. The molecule has 0 spiro atoms. The van der Waals surface area contributed by atoms with Crippen molar-refractivity contribution in [3.63, 3.8) is 0 Å². The number of rotatable bonds is 3. The van der Waals surface area contributed by atoms with E-state index in [1.165, 1.54) is 0 Å². The number of carbonyl (C=O) groups excluding carboxylic acids is 1. The van der Waals surface area contributed by atoms with Gasteiger partial charge < -0.3 is 15.7 Å². The summed E-state index contributed by atoms with van der Waals surface area (Å²) in [5.41, 5.74) is 6.62. The van der Waals surface area contributed by atoms with Crippen LogP contribution < -0.4 is 10.6 Å². The molecule has 0 atom stereocenters. The third-order valence-electron chi connectivity index (χ3n) is 4.33. The number of nitrogens with two attached hydrogens (primary N) is 1. The highest BCUT2D eigenvalue weighted by Crippen LogP contribution is 2.33. The second kappa shape index (κ2) is 5.96. The van der Waals surface area contributed by atoms with E-state index in [0.29, 0.717) is 43.0 Å². The highest BCUT2D eigenvalue weighted by Gasteiger charge is 2.35. The predicted octanol–water partition coefficient (Wildman–Crippen LogP) is 1.37. The number of piperidine rings is 1. The molecule has 1 amide bonds. The topological polar surface area (TPSA) is 92.3 Å². The first-order valence-corrected chi connectivity index (χ1v) is 7.64. The smallest absolute Gasteiger partial charge is 0.248 e. The highest BCUT2D eigenvalue weighted by molar-refractivity contribution is 5.93. The summed E-state index contributed by atoms with van der Waals surface area (Å²) in [4.78, 5) is 22.0. The second-order valence-corrected chi connectivity index (χ2v) is 6.01. The Labute approximate surface area is 135 Å². The van der Waals surface area contributed by atoms with Crippen LogP contribution in [0.1, 0.15) is 34.5 Å². The number of pyridine rings is 2. The predicted molar refractivity (Wildman–Crippen MR) is 87.1 cm³/mol. The van der Waals surface area contributed by atoms with E-state index in [1.54, 1.807) is 24.5 Å². The minimum absolute atomic E-state index is 0.441. The van der Waals surface area contributed by atoms with Gasteiger partial charge >= 0.3 is 0 Å². The fourth-order valence-corrected chi connectivity index (χ4v) is 2.85. The lowest BCUT2D eigenvalue weighted by atomic mass is 9.87. The Hall–Kier alpha value is -2.47. The number of aliphatic hydroxyl groups is 1. The van der Waals surface area contributed by atoms with Gasteiger partial charge in [0.05, 0.1) is 5.69 Å². The van der Waals surface area contributed by atoms with Crippen LogP contribution in [0, 0.1) is 6.92 Å². The van der Waals surface area contributed by atoms with Gasteiger partial charge in [0.15, 0.2) is 0 Å².